The van der Waals surface area contributed by atoms with Crippen LogP contribution in [0.3, 0.4) is 0 Å². The average molecular weight is 479 g/mol. The Balaban J connectivity index is 0.00000256. The molecule has 0 atom stereocenters. The molecule has 1 aromatic heterocycles. The Bertz CT molecular complexity index is 1040. The van der Waals surface area contributed by atoms with Gasteiger partial charge in [0.25, 0.3) is 0 Å². The largest absolute Gasteiger partial charge is 2.00 e. The van der Waals surface area contributed by atoms with Crippen molar-refractivity contribution in [3.63, 3.8) is 0 Å². The molecule has 0 unspecified atom stereocenters. The molecule has 0 saturated carbocycles. The van der Waals surface area contributed by atoms with Crippen LogP contribution in [0, 0.1) is 0 Å². The molecule has 0 saturated heterocycles. The van der Waals surface area contributed by atoms with Crippen LogP contribution in [-0.4, -0.2) is 33.7 Å². The molecule has 0 aliphatic rings. The zero-order chi connectivity index (χ0) is 21.3. The Morgan fingerprint density at radius 2 is 0.969 bits per heavy atom. The standard InChI is InChI=1S/C23H21N5O2.Cu.H2O/c1-16(25-27-22(29)18-10-5-3-6-11-18)20-14-9-15-21(24-20)17(2)26-28-23(30)19-12-7-4-8-13-19;;/h3-15H,1-2H3,(H,27,29)(H,28,30);;1H2/q;+2;/p-2/b25-16+,26-17+;;. The first kappa shape index (κ1) is 26.4. The number of hydrogen-bond acceptors (Lipinski definition) is 7. The molecule has 0 fully saturated rings. The summed E-state index contributed by atoms with van der Waals surface area (Å²) in [5.41, 5.74) is 2.96. The number of aromatic nitrogens is 1. The van der Waals surface area contributed by atoms with E-state index in [4.69, 9.17) is 0 Å². The Morgan fingerprint density at radius 3 is 1.34 bits per heavy atom. The van der Waals surface area contributed by atoms with Crippen LogP contribution in [0.4, 0.5) is 0 Å². The predicted octanol–water partition coefficient (Wildman–Crippen LogP) is 1.32. The predicted molar refractivity (Wildman–Crippen MR) is 118 cm³/mol. The van der Waals surface area contributed by atoms with E-state index >= 15 is 0 Å². The number of benzene rings is 2. The van der Waals surface area contributed by atoms with Crippen molar-refractivity contribution in [2.75, 3.05) is 0 Å². The molecule has 1 radical (unpaired) electrons. The molecule has 0 aliphatic carbocycles. The first-order valence-electron chi connectivity index (χ1n) is 9.22. The van der Waals surface area contributed by atoms with Crippen molar-refractivity contribution in [2.45, 2.75) is 13.8 Å². The number of rotatable bonds is 6. The maximum atomic E-state index is 12.1. The molecular weight excluding hydrogens is 458 g/mol. The van der Waals surface area contributed by atoms with Gasteiger partial charge < -0.3 is 15.7 Å². The van der Waals surface area contributed by atoms with Crippen LogP contribution in [0.1, 0.15) is 36.4 Å². The molecule has 0 aliphatic heterocycles. The first-order chi connectivity index (χ1) is 14.5. The van der Waals surface area contributed by atoms with Gasteiger partial charge in [0.05, 0.1) is 22.8 Å². The first-order valence-corrected chi connectivity index (χ1v) is 9.22. The van der Waals surface area contributed by atoms with E-state index in [-0.39, 0.29) is 22.5 Å². The van der Waals surface area contributed by atoms with Crippen LogP contribution in [0.2, 0.25) is 0 Å². The van der Waals surface area contributed by atoms with Gasteiger partial charge in [0.2, 0.25) is 0 Å². The van der Waals surface area contributed by atoms with Gasteiger partial charge >= 0.3 is 17.1 Å². The number of pyridine rings is 1. The summed E-state index contributed by atoms with van der Waals surface area (Å²) in [6.07, 6.45) is 0. The fourth-order valence-corrected chi connectivity index (χ4v) is 2.46. The van der Waals surface area contributed by atoms with E-state index in [1.165, 1.54) is 0 Å². The van der Waals surface area contributed by atoms with E-state index in [2.05, 4.69) is 25.4 Å². The van der Waals surface area contributed by atoms with E-state index in [1.54, 1.807) is 80.6 Å². The molecule has 0 spiro atoms. The van der Waals surface area contributed by atoms with Gasteiger partial charge in [-0.05, 0) is 37.1 Å². The zero-order valence-corrected chi connectivity index (χ0v) is 18.3. The fourth-order valence-electron chi connectivity index (χ4n) is 2.46. The van der Waals surface area contributed by atoms with Gasteiger partial charge in [-0.3, -0.25) is 0 Å². The van der Waals surface area contributed by atoms with Gasteiger partial charge in [0.1, 0.15) is 0 Å². The zero-order valence-electron chi connectivity index (χ0n) is 17.4. The van der Waals surface area contributed by atoms with Crippen molar-refractivity contribution >= 4 is 23.2 Å². The van der Waals surface area contributed by atoms with Crippen LogP contribution < -0.4 is 10.2 Å². The van der Waals surface area contributed by atoms with Crippen molar-refractivity contribution in [3.05, 3.63) is 101 Å². The van der Waals surface area contributed by atoms with E-state index < -0.39 is 11.8 Å². The number of nitrogens with zero attached hydrogens (tertiary/aromatic N) is 5. The summed E-state index contributed by atoms with van der Waals surface area (Å²) >= 11 is 0. The van der Waals surface area contributed by atoms with Crippen LogP contribution >= 0.6 is 0 Å². The van der Waals surface area contributed by atoms with Gasteiger partial charge in [-0.25, -0.2) is 4.98 Å². The second-order valence-corrected chi connectivity index (χ2v) is 6.32. The minimum absolute atomic E-state index is 0. The Labute approximate surface area is 196 Å². The van der Waals surface area contributed by atoms with E-state index in [0.29, 0.717) is 33.9 Å². The average Bonchev–Trinajstić information content (AvgIpc) is 2.81. The summed E-state index contributed by atoms with van der Waals surface area (Å²) in [6, 6.07) is 22.7. The SMILES string of the molecule is C/C(=N\N=C(/[O-])c1ccccc1)c1cccc(/C(C)=N/N=C(\[O-])c2ccccc2)n1.O.[Cu+2]. The van der Waals surface area contributed by atoms with Gasteiger partial charge in [-0.1, -0.05) is 66.7 Å². The quantitative estimate of drug-likeness (QED) is 0.228. The van der Waals surface area contributed by atoms with Crippen LogP contribution in [0.5, 0.6) is 0 Å². The van der Waals surface area contributed by atoms with Gasteiger partial charge in [-0.15, -0.1) is 0 Å². The van der Waals surface area contributed by atoms with E-state index in [9.17, 15) is 10.2 Å². The minimum atomic E-state index is -0.429. The third kappa shape index (κ3) is 7.24. The second-order valence-electron chi connectivity index (χ2n) is 6.32. The topological polar surface area (TPSA) is 140 Å². The monoisotopic (exact) mass is 478 g/mol. The van der Waals surface area contributed by atoms with Crippen LogP contribution in [0.25, 0.3) is 0 Å². The molecule has 2 aromatic carbocycles. The molecule has 0 amide bonds. The van der Waals surface area contributed by atoms with Gasteiger partial charge in [0.15, 0.2) is 0 Å². The van der Waals surface area contributed by atoms with Crippen molar-refractivity contribution in [1.29, 1.82) is 0 Å². The molecule has 167 valence electrons. The fraction of sp³-hybridized carbons (Fsp3) is 0.0870. The minimum Gasteiger partial charge on any atom is -0.857 e. The summed E-state index contributed by atoms with van der Waals surface area (Å²) < 4.78 is 0. The molecule has 3 rings (SSSR count). The smallest absolute Gasteiger partial charge is 0.857 e. The number of hydrogen-bond donors (Lipinski definition) is 0. The Kier molecular flexibility index (Phi) is 10.6. The summed E-state index contributed by atoms with van der Waals surface area (Å²) in [5, 5.41) is 39.6. The molecule has 8 nitrogen and oxygen atoms in total. The molecule has 2 N–H and O–H groups in total. The Hall–Kier alpha value is -3.65. The molecule has 32 heavy (non-hydrogen) atoms. The van der Waals surface area contributed by atoms with Crippen molar-refractivity contribution in [3.8, 4) is 0 Å². The molecule has 9 heteroatoms. The van der Waals surface area contributed by atoms with E-state index in [0.717, 1.165) is 0 Å². The van der Waals surface area contributed by atoms with Gasteiger partial charge in [0, 0.05) is 11.8 Å². The molecule has 1 heterocycles. The van der Waals surface area contributed by atoms with E-state index in [1.807, 2.05) is 12.1 Å². The Morgan fingerprint density at radius 1 is 0.594 bits per heavy atom. The normalized spacial score (nSPS) is 12.6. The van der Waals surface area contributed by atoms with Gasteiger partial charge in [-0.2, -0.15) is 20.4 Å². The van der Waals surface area contributed by atoms with Crippen LogP contribution in [0.15, 0.2) is 99.3 Å². The summed E-state index contributed by atoms with van der Waals surface area (Å²) in [7, 11) is 0. The van der Waals surface area contributed by atoms with Crippen molar-refractivity contribution in [2.24, 2.45) is 20.4 Å². The third-order valence-corrected chi connectivity index (χ3v) is 4.11. The third-order valence-electron chi connectivity index (χ3n) is 4.11. The second kappa shape index (κ2) is 12.9. The van der Waals surface area contributed by atoms with Crippen molar-refractivity contribution < 1.29 is 32.8 Å². The maximum absolute atomic E-state index is 12.1. The van der Waals surface area contributed by atoms with Crippen LogP contribution in [-0.2, 0) is 17.1 Å². The van der Waals surface area contributed by atoms with Crippen molar-refractivity contribution in [1.82, 2.24) is 4.98 Å². The molecule has 0 bridgehead atoms. The summed E-state index contributed by atoms with van der Waals surface area (Å²) in [5.74, 6) is -0.857. The summed E-state index contributed by atoms with van der Waals surface area (Å²) in [4.78, 5) is 4.47. The summed E-state index contributed by atoms with van der Waals surface area (Å²) in [6.45, 7) is 3.42. The molecular formula is C23H21CuN5O3. The maximum Gasteiger partial charge on any atom is 2.00 e. The molecule has 3 aromatic rings.